The molecule has 2 aromatic rings. The van der Waals surface area contributed by atoms with Gasteiger partial charge in [0.05, 0.1) is 19.9 Å². The molecule has 6 nitrogen and oxygen atoms in total. The Labute approximate surface area is 127 Å². The van der Waals surface area contributed by atoms with Crippen molar-refractivity contribution in [2.24, 2.45) is 7.05 Å². The molecule has 1 heterocycles. The maximum absolute atomic E-state index is 14.3. The highest BCUT2D eigenvalue weighted by molar-refractivity contribution is 5.88. The lowest BCUT2D eigenvalue weighted by molar-refractivity contribution is 0.0689. The van der Waals surface area contributed by atoms with Gasteiger partial charge in [0.15, 0.2) is 17.3 Å². The van der Waals surface area contributed by atoms with Gasteiger partial charge in [0.25, 0.3) is 0 Å². The van der Waals surface area contributed by atoms with Gasteiger partial charge >= 0.3 is 5.97 Å². The molecule has 0 saturated heterocycles. The SMILES string of the molecule is COc1c(C)c(-c2cc(C(=O)O)nn2C)c(OC)c(C)c1F. The molecule has 0 aliphatic heterocycles. The van der Waals surface area contributed by atoms with Gasteiger partial charge in [-0.05, 0) is 19.9 Å². The first-order valence-corrected chi connectivity index (χ1v) is 6.51. The van der Waals surface area contributed by atoms with Crippen LogP contribution in [0.4, 0.5) is 4.39 Å². The van der Waals surface area contributed by atoms with Gasteiger partial charge in [0, 0.05) is 23.7 Å². The zero-order valence-corrected chi connectivity index (χ0v) is 13.0. The van der Waals surface area contributed by atoms with Crippen molar-refractivity contribution in [1.29, 1.82) is 0 Å². The molecule has 0 atom stereocenters. The van der Waals surface area contributed by atoms with Crippen LogP contribution >= 0.6 is 0 Å². The third-order valence-corrected chi connectivity index (χ3v) is 3.58. The summed E-state index contributed by atoms with van der Waals surface area (Å²) in [6.07, 6.45) is 0. The molecule has 1 aromatic carbocycles. The molecule has 0 bridgehead atoms. The highest BCUT2D eigenvalue weighted by Gasteiger charge is 2.25. The zero-order chi connectivity index (χ0) is 16.6. The fraction of sp³-hybridized carbons (Fsp3) is 0.333. The molecular weight excluding hydrogens is 291 g/mol. The highest BCUT2D eigenvalue weighted by Crippen LogP contribution is 2.42. The molecule has 118 valence electrons. The number of rotatable bonds is 4. The van der Waals surface area contributed by atoms with Crippen LogP contribution < -0.4 is 9.47 Å². The number of hydrogen-bond acceptors (Lipinski definition) is 4. The lowest BCUT2D eigenvalue weighted by Crippen LogP contribution is -2.04. The third-order valence-electron chi connectivity index (χ3n) is 3.58. The van der Waals surface area contributed by atoms with E-state index in [0.29, 0.717) is 22.6 Å². The van der Waals surface area contributed by atoms with Crippen LogP contribution in [0, 0.1) is 19.7 Å². The number of nitrogens with zero attached hydrogens (tertiary/aromatic N) is 2. The van der Waals surface area contributed by atoms with E-state index in [1.54, 1.807) is 20.9 Å². The van der Waals surface area contributed by atoms with E-state index in [4.69, 9.17) is 14.6 Å². The first kappa shape index (κ1) is 15.8. The first-order valence-electron chi connectivity index (χ1n) is 6.51. The quantitative estimate of drug-likeness (QED) is 0.939. The molecule has 2 rings (SSSR count). The second-order valence-electron chi connectivity index (χ2n) is 4.85. The van der Waals surface area contributed by atoms with E-state index in [2.05, 4.69) is 5.10 Å². The summed E-state index contributed by atoms with van der Waals surface area (Å²) in [6.45, 7) is 3.26. The largest absolute Gasteiger partial charge is 0.496 e. The molecule has 22 heavy (non-hydrogen) atoms. The number of aryl methyl sites for hydroxylation is 1. The highest BCUT2D eigenvalue weighted by atomic mass is 19.1. The van der Waals surface area contributed by atoms with Gasteiger partial charge in [-0.3, -0.25) is 4.68 Å². The van der Waals surface area contributed by atoms with E-state index in [1.807, 2.05) is 0 Å². The van der Waals surface area contributed by atoms with Gasteiger partial charge in [-0.15, -0.1) is 0 Å². The molecule has 0 aliphatic carbocycles. The monoisotopic (exact) mass is 308 g/mol. The molecule has 7 heteroatoms. The number of halogens is 1. The Morgan fingerprint density at radius 2 is 1.82 bits per heavy atom. The zero-order valence-electron chi connectivity index (χ0n) is 13.0. The van der Waals surface area contributed by atoms with Gasteiger partial charge in [-0.1, -0.05) is 0 Å². The predicted molar refractivity (Wildman–Crippen MR) is 78.1 cm³/mol. The van der Waals surface area contributed by atoms with E-state index in [0.717, 1.165) is 0 Å². The van der Waals surface area contributed by atoms with E-state index in [-0.39, 0.29) is 17.0 Å². The van der Waals surface area contributed by atoms with Crippen LogP contribution in [0.15, 0.2) is 6.07 Å². The lowest BCUT2D eigenvalue weighted by atomic mass is 9.98. The smallest absolute Gasteiger partial charge is 0.356 e. The Hall–Kier alpha value is -2.57. The van der Waals surface area contributed by atoms with Crippen molar-refractivity contribution in [2.45, 2.75) is 13.8 Å². The maximum Gasteiger partial charge on any atom is 0.356 e. The Kier molecular flexibility index (Phi) is 4.07. The molecule has 0 saturated carbocycles. The molecule has 1 aromatic heterocycles. The van der Waals surface area contributed by atoms with E-state index in [9.17, 15) is 9.18 Å². The number of aromatic nitrogens is 2. The summed E-state index contributed by atoms with van der Waals surface area (Å²) >= 11 is 0. The van der Waals surface area contributed by atoms with Gasteiger partial charge in [0.1, 0.15) is 5.75 Å². The van der Waals surface area contributed by atoms with Gasteiger partial charge < -0.3 is 14.6 Å². The number of carboxylic acid groups (broad SMARTS) is 1. The minimum absolute atomic E-state index is 0.0973. The maximum atomic E-state index is 14.3. The molecule has 0 amide bonds. The standard InChI is InChI=1S/C15H17FN2O4/c1-7-11(10-6-9(15(19)20)17-18(10)3)13(21-4)8(2)12(16)14(7)22-5/h6H,1-5H3,(H,19,20). The third kappa shape index (κ3) is 2.28. The first-order chi connectivity index (χ1) is 10.3. The Bertz CT molecular complexity index is 753. The number of ether oxygens (including phenoxy) is 2. The van der Waals surface area contributed by atoms with Crippen LogP contribution in [0.3, 0.4) is 0 Å². The second-order valence-corrected chi connectivity index (χ2v) is 4.85. The molecular formula is C15H17FN2O4. The van der Waals surface area contributed by atoms with E-state index < -0.39 is 11.8 Å². The van der Waals surface area contributed by atoms with E-state index >= 15 is 0 Å². The summed E-state index contributed by atoms with van der Waals surface area (Å²) in [5.74, 6) is -1.20. The van der Waals surface area contributed by atoms with Gasteiger partial charge in [-0.2, -0.15) is 5.10 Å². The Balaban J connectivity index is 2.85. The van der Waals surface area contributed by atoms with Crippen molar-refractivity contribution >= 4 is 5.97 Å². The van der Waals surface area contributed by atoms with Crippen LogP contribution in [0.2, 0.25) is 0 Å². The molecule has 0 radical (unpaired) electrons. The molecule has 0 spiro atoms. The minimum Gasteiger partial charge on any atom is -0.496 e. The fourth-order valence-electron chi connectivity index (χ4n) is 2.52. The summed E-state index contributed by atoms with van der Waals surface area (Å²) in [5, 5.41) is 13.0. The summed E-state index contributed by atoms with van der Waals surface area (Å²) < 4.78 is 26.2. The van der Waals surface area contributed by atoms with E-state index in [1.165, 1.54) is 25.0 Å². The second kappa shape index (κ2) is 5.67. The number of methoxy groups -OCH3 is 2. The fourth-order valence-corrected chi connectivity index (χ4v) is 2.52. The number of hydrogen-bond donors (Lipinski definition) is 1. The summed E-state index contributed by atoms with van der Waals surface area (Å²) in [6, 6.07) is 1.42. The van der Waals surface area contributed by atoms with Crippen molar-refractivity contribution in [2.75, 3.05) is 14.2 Å². The number of aromatic carboxylic acids is 1. The van der Waals surface area contributed by atoms with Crippen LogP contribution in [0.5, 0.6) is 11.5 Å². The molecule has 1 N–H and O–H groups in total. The van der Waals surface area contributed by atoms with Crippen molar-refractivity contribution in [1.82, 2.24) is 9.78 Å². The van der Waals surface area contributed by atoms with Crippen molar-refractivity contribution in [3.8, 4) is 22.8 Å². The van der Waals surface area contributed by atoms with Crippen molar-refractivity contribution < 1.29 is 23.8 Å². The average molecular weight is 308 g/mol. The van der Waals surface area contributed by atoms with Gasteiger partial charge in [0.2, 0.25) is 0 Å². The summed E-state index contributed by atoms with van der Waals surface area (Å²) in [5.41, 5.74) is 1.77. The number of carbonyl (C=O) groups is 1. The normalized spacial score (nSPS) is 10.6. The topological polar surface area (TPSA) is 73.6 Å². The molecule has 0 fully saturated rings. The molecule has 0 unspecified atom stereocenters. The predicted octanol–water partition coefficient (Wildman–Crippen LogP) is 2.56. The summed E-state index contributed by atoms with van der Waals surface area (Å²) in [4.78, 5) is 11.1. The Morgan fingerprint density at radius 3 is 2.27 bits per heavy atom. The van der Waals surface area contributed by atoms with Crippen molar-refractivity contribution in [3.63, 3.8) is 0 Å². The minimum atomic E-state index is -1.13. The summed E-state index contributed by atoms with van der Waals surface area (Å²) in [7, 11) is 4.44. The number of benzene rings is 1. The number of carboxylic acids is 1. The van der Waals surface area contributed by atoms with Crippen LogP contribution in [-0.4, -0.2) is 35.1 Å². The van der Waals surface area contributed by atoms with Gasteiger partial charge in [-0.25, -0.2) is 9.18 Å². The average Bonchev–Trinajstić information content (AvgIpc) is 2.85. The van der Waals surface area contributed by atoms with Crippen LogP contribution in [-0.2, 0) is 7.05 Å². The Morgan fingerprint density at radius 1 is 1.23 bits per heavy atom. The van der Waals surface area contributed by atoms with Crippen molar-refractivity contribution in [3.05, 3.63) is 28.7 Å². The van der Waals surface area contributed by atoms with Crippen LogP contribution in [0.1, 0.15) is 21.6 Å². The van der Waals surface area contributed by atoms with Crippen LogP contribution in [0.25, 0.3) is 11.3 Å². The molecule has 0 aliphatic rings. The lowest BCUT2D eigenvalue weighted by Gasteiger charge is -2.18.